The summed E-state index contributed by atoms with van der Waals surface area (Å²) < 4.78 is 5.72. The summed E-state index contributed by atoms with van der Waals surface area (Å²) in [5, 5.41) is 3.29. The molecule has 0 aromatic carbocycles. The van der Waals surface area contributed by atoms with Crippen molar-refractivity contribution in [2.75, 3.05) is 26.3 Å². The number of fused-ring (bicyclic) bond motifs is 2. The van der Waals surface area contributed by atoms with Crippen LogP contribution in [0.5, 0.6) is 0 Å². The predicted molar refractivity (Wildman–Crippen MR) is 72.8 cm³/mol. The van der Waals surface area contributed by atoms with Gasteiger partial charge in [0.25, 0.3) is 0 Å². The molecule has 0 aliphatic carbocycles. The van der Waals surface area contributed by atoms with Crippen molar-refractivity contribution in [3.8, 4) is 0 Å². The third-order valence-electron chi connectivity index (χ3n) is 3.84. The molecule has 0 saturated carbocycles. The van der Waals surface area contributed by atoms with Crippen molar-refractivity contribution in [1.29, 1.82) is 0 Å². The summed E-state index contributed by atoms with van der Waals surface area (Å²) in [5.74, 6) is 0. The van der Waals surface area contributed by atoms with Crippen LogP contribution in [0, 0.1) is 0 Å². The zero-order chi connectivity index (χ0) is 12.5. The predicted octanol–water partition coefficient (Wildman–Crippen LogP) is 1.44. The summed E-state index contributed by atoms with van der Waals surface area (Å²) in [5.41, 5.74) is 0. The van der Waals surface area contributed by atoms with E-state index in [0.717, 1.165) is 32.8 Å². The van der Waals surface area contributed by atoms with E-state index in [0.29, 0.717) is 18.1 Å². The van der Waals surface area contributed by atoms with Crippen molar-refractivity contribution >= 4 is 11.3 Å². The number of hydrogen-bond donors (Lipinski definition) is 0. The van der Waals surface area contributed by atoms with Gasteiger partial charge in [0.1, 0.15) is 5.01 Å². The summed E-state index contributed by atoms with van der Waals surface area (Å²) in [7, 11) is 0. The first kappa shape index (κ1) is 12.5. The highest BCUT2D eigenvalue weighted by atomic mass is 32.1. The van der Waals surface area contributed by atoms with Gasteiger partial charge >= 0.3 is 0 Å². The minimum Gasteiger partial charge on any atom is -0.378 e. The van der Waals surface area contributed by atoms with Crippen molar-refractivity contribution < 1.29 is 4.74 Å². The molecule has 0 N–H and O–H groups in total. The fourth-order valence-electron chi connectivity index (χ4n) is 3.27. The second kappa shape index (κ2) is 5.25. The third-order valence-corrected chi connectivity index (χ3v) is 4.60. The average molecular weight is 267 g/mol. The van der Waals surface area contributed by atoms with E-state index in [1.165, 1.54) is 5.01 Å². The van der Waals surface area contributed by atoms with Gasteiger partial charge in [-0.05, 0) is 13.8 Å². The van der Waals surface area contributed by atoms with Crippen molar-refractivity contribution in [3.05, 3.63) is 16.6 Å². The molecular weight excluding hydrogens is 246 g/mol. The SMILES string of the molecule is CC(C)N1C2COCC1CN(Cc1nccs1)C2. The van der Waals surface area contributed by atoms with E-state index in [1.807, 2.05) is 6.20 Å². The number of rotatable bonds is 3. The second-order valence-corrected chi connectivity index (χ2v) is 6.49. The maximum absolute atomic E-state index is 5.72. The lowest BCUT2D eigenvalue weighted by Crippen LogP contribution is -2.65. The van der Waals surface area contributed by atoms with E-state index in [9.17, 15) is 0 Å². The lowest BCUT2D eigenvalue weighted by Gasteiger charge is -2.51. The van der Waals surface area contributed by atoms with Crippen LogP contribution in [0.1, 0.15) is 18.9 Å². The quantitative estimate of drug-likeness (QED) is 0.828. The standard InChI is InChI=1S/C13H21N3OS/c1-10(2)16-11-5-15(6-12(16)9-17-8-11)7-13-14-3-4-18-13/h3-4,10-12H,5-9H2,1-2H3. The molecule has 100 valence electrons. The van der Waals surface area contributed by atoms with Crippen molar-refractivity contribution in [3.63, 3.8) is 0 Å². The minimum absolute atomic E-state index is 0.553. The Balaban J connectivity index is 1.68. The molecule has 3 rings (SSSR count). The molecule has 2 fully saturated rings. The zero-order valence-electron chi connectivity index (χ0n) is 11.1. The first-order chi connectivity index (χ1) is 8.74. The summed E-state index contributed by atoms with van der Waals surface area (Å²) in [6.45, 7) is 9.55. The van der Waals surface area contributed by atoms with Crippen molar-refractivity contribution in [2.24, 2.45) is 0 Å². The van der Waals surface area contributed by atoms with Crippen LogP contribution in [-0.2, 0) is 11.3 Å². The van der Waals surface area contributed by atoms with Crippen LogP contribution in [-0.4, -0.2) is 59.2 Å². The van der Waals surface area contributed by atoms with Gasteiger partial charge in [0.2, 0.25) is 0 Å². The first-order valence-electron chi connectivity index (χ1n) is 6.70. The van der Waals surface area contributed by atoms with E-state index < -0.39 is 0 Å². The van der Waals surface area contributed by atoms with Crippen LogP contribution in [0.4, 0.5) is 0 Å². The molecule has 1 aromatic heterocycles. The number of piperazine rings is 1. The highest BCUT2D eigenvalue weighted by Crippen LogP contribution is 2.25. The Hall–Kier alpha value is -0.490. The maximum atomic E-state index is 5.72. The number of aromatic nitrogens is 1. The molecule has 2 aliphatic heterocycles. The Morgan fingerprint density at radius 3 is 2.67 bits per heavy atom. The van der Waals surface area contributed by atoms with E-state index in [2.05, 4.69) is 34.0 Å². The van der Waals surface area contributed by atoms with Crippen molar-refractivity contribution in [2.45, 2.75) is 38.5 Å². The number of nitrogens with zero attached hydrogens (tertiary/aromatic N) is 3. The monoisotopic (exact) mass is 267 g/mol. The molecule has 0 radical (unpaired) electrons. The number of ether oxygens (including phenoxy) is 1. The van der Waals surface area contributed by atoms with Crippen LogP contribution in [0.2, 0.25) is 0 Å². The van der Waals surface area contributed by atoms with E-state index in [1.54, 1.807) is 11.3 Å². The number of thiazole rings is 1. The Labute approximate surface area is 113 Å². The highest BCUT2D eigenvalue weighted by Gasteiger charge is 2.39. The molecule has 1 aromatic rings. The largest absolute Gasteiger partial charge is 0.378 e. The van der Waals surface area contributed by atoms with Gasteiger partial charge in [0.05, 0.1) is 19.8 Å². The van der Waals surface area contributed by atoms with Gasteiger partial charge in [-0.2, -0.15) is 0 Å². The van der Waals surface area contributed by atoms with Crippen molar-refractivity contribution in [1.82, 2.24) is 14.8 Å². The Bertz CT molecular complexity index is 368. The highest BCUT2D eigenvalue weighted by molar-refractivity contribution is 7.09. The molecule has 18 heavy (non-hydrogen) atoms. The van der Waals surface area contributed by atoms with Crippen LogP contribution < -0.4 is 0 Å². The van der Waals surface area contributed by atoms with Gasteiger partial charge in [0.15, 0.2) is 0 Å². The summed E-state index contributed by atoms with van der Waals surface area (Å²) in [6, 6.07) is 1.72. The van der Waals surface area contributed by atoms with E-state index in [-0.39, 0.29) is 0 Å². The van der Waals surface area contributed by atoms with E-state index >= 15 is 0 Å². The van der Waals surface area contributed by atoms with Gasteiger partial charge in [-0.15, -0.1) is 11.3 Å². The van der Waals surface area contributed by atoms with Gasteiger partial charge < -0.3 is 4.74 Å². The molecule has 2 bridgehead atoms. The second-order valence-electron chi connectivity index (χ2n) is 5.51. The molecule has 2 saturated heterocycles. The third kappa shape index (κ3) is 2.45. The van der Waals surface area contributed by atoms with Gasteiger partial charge in [-0.25, -0.2) is 4.98 Å². The normalized spacial score (nSPS) is 29.9. The van der Waals surface area contributed by atoms with Gasteiger partial charge in [0, 0.05) is 42.8 Å². The molecule has 5 heteroatoms. The molecule has 4 nitrogen and oxygen atoms in total. The minimum atomic E-state index is 0.553. The fourth-order valence-corrected chi connectivity index (χ4v) is 3.93. The topological polar surface area (TPSA) is 28.6 Å². The molecule has 2 unspecified atom stereocenters. The average Bonchev–Trinajstić information content (AvgIpc) is 2.80. The maximum Gasteiger partial charge on any atom is 0.107 e. The molecule has 3 heterocycles. The van der Waals surface area contributed by atoms with Crippen LogP contribution in [0.15, 0.2) is 11.6 Å². The summed E-state index contributed by atoms with van der Waals surface area (Å²) in [4.78, 5) is 9.57. The summed E-state index contributed by atoms with van der Waals surface area (Å²) >= 11 is 1.75. The molecule has 2 aliphatic rings. The Morgan fingerprint density at radius 1 is 1.39 bits per heavy atom. The van der Waals surface area contributed by atoms with E-state index in [4.69, 9.17) is 4.74 Å². The molecular formula is C13H21N3OS. The van der Waals surface area contributed by atoms with Crippen LogP contribution >= 0.6 is 11.3 Å². The fraction of sp³-hybridized carbons (Fsp3) is 0.769. The Kier molecular flexibility index (Phi) is 3.66. The zero-order valence-corrected chi connectivity index (χ0v) is 11.9. The van der Waals surface area contributed by atoms with Gasteiger partial charge in [-0.3, -0.25) is 9.80 Å². The molecule has 0 amide bonds. The summed E-state index contributed by atoms with van der Waals surface area (Å²) in [6.07, 6.45) is 1.90. The molecule has 2 atom stereocenters. The molecule has 0 spiro atoms. The number of hydrogen-bond acceptors (Lipinski definition) is 5. The first-order valence-corrected chi connectivity index (χ1v) is 7.58. The lowest BCUT2D eigenvalue weighted by molar-refractivity contribution is -0.111. The Morgan fingerprint density at radius 2 is 2.11 bits per heavy atom. The van der Waals surface area contributed by atoms with Crippen LogP contribution in [0.25, 0.3) is 0 Å². The smallest absolute Gasteiger partial charge is 0.107 e. The lowest BCUT2D eigenvalue weighted by atomic mass is 10.0. The van der Waals surface area contributed by atoms with Gasteiger partial charge in [-0.1, -0.05) is 0 Å². The van der Waals surface area contributed by atoms with Crippen LogP contribution in [0.3, 0.4) is 0 Å². The number of morpholine rings is 1.